The van der Waals surface area contributed by atoms with Crippen LogP contribution < -0.4 is 11.0 Å². The average Bonchev–Trinajstić information content (AvgIpc) is 2.91. The van der Waals surface area contributed by atoms with Gasteiger partial charge in [-0.15, -0.1) is 0 Å². The van der Waals surface area contributed by atoms with E-state index in [1.807, 2.05) is 36.4 Å². The number of nitrogens with zero attached hydrogens (tertiary/aromatic N) is 1. The largest absolute Gasteiger partial charge is 0.508 e. The Kier molecular flexibility index (Phi) is 4.76. The van der Waals surface area contributed by atoms with Crippen molar-refractivity contribution >= 4 is 11.0 Å². The van der Waals surface area contributed by atoms with Crippen LogP contribution in [0.1, 0.15) is 37.0 Å². The molecule has 1 aliphatic heterocycles. The standard InChI is InChI=1S/C21H25N3O3/c1-13(9-10-14-5-2-3-8-18(14)25)22-17-11-12-24-19-15(20(17)26)6-4-7-16(19)23-21(24)27/h2-8,13,17,20,22,25-26H,9-12H2,1H3,(H,23,27)/t13?,17-,20-/m1/s1. The number of phenols is 1. The number of aliphatic hydroxyl groups is 1. The second-order valence-corrected chi connectivity index (χ2v) is 7.40. The molecule has 1 aliphatic rings. The summed E-state index contributed by atoms with van der Waals surface area (Å²) in [5.74, 6) is 0.324. The number of rotatable bonds is 5. The summed E-state index contributed by atoms with van der Waals surface area (Å²) in [6.45, 7) is 2.65. The van der Waals surface area contributed by atoms with E-state index in [0.717, 1.165) is 35.0 Å². The van der Waals surface area contributed by atoms with Crippen molar-refractivity contribution in [3.63, 3.8) is 0 Å². The van der Waals surface area contributed by atoms with Gasteiger partial charge in [0.15, 0.2) is 0 Å². The van der Waals surface area contributed by atoms with E-state index in [2.05, 4.69) is 17.2 Å². The SMILES string of the molecule is CC(CCc1ccccc1O)N[C@@H]1CCn2c(=O)[nH]c3cccc(c32)[C@H]1O. The lowest BCUT2D eigenvalue weighted by molar-refractivity contribution is 0.119. The molecule has 142 valence electrons. The molecule has 27 heavy (non-hydrogen) atoms. The maximum absolute atomic E-state index is 12.2. The van der Waals surface area contributed by atoms with Crippen LogP contribution in [0.4, 0.5) is 0 Å². The fourth-order valence-corrected chi connectivity index (χ4v) is 4.06. The van der Waals surface area contributed by atoms with Crippen molar-refractivity contribution in [3.8, 4) is 5.75 Å². The first-order chi connectivity index (χ1) is 13.0. The summed E-state index contributed by atoms with van der Waals surface area (Å²) in [6.07, 6.45) is 1.60. The molecule has 6 heteroatoms. The van der Waals surface area contributed by atoms with Crippen LogP contribution in [0.5, 0.6) is 5.75 Å². The molecule has 0 aliphatic carbocycles. The van der Waals surface area contributed by atoms with Gasteiger partial charge in [-0.3, -0.25) is 4.57 Å². The molecule has 0 bridgehead atoms. The summed E-state index contributed by atoms with van der Waals surface area (Å²) in [7, 11) is 0. The summed E-state index contributed by atoms with van der Waals surface area (Å²) in [6, 6.07) is 13.0. The van der Waals surface area contributed by atoms with Crippen molar-refractivity contribution in [2.45, 2.75) is 50.9 Å². The lowest BCUT2D eigenvalue weighted by atomic mass is 9.98. The molecular weight excluding hydrogens is 342 g/mol. The Morgan fingerprint density at radius 3 is 2.89 bits per heavy atom. The van der Waals surface area contributed by atoms with Crippen molar-refractivity contribution in [3.05, 3.63) is 64.1 Å². The zero-order chi connectivity index (χ0) is 19.0. The minimum absolute atomic E-state index is 0.127. The Balaban J connectivity index is 1.48. The zero-order valence-electron chi connectivity index (χ0n) is 15.4. The van der Waals surface area contributed by atoms with Crippen molar-refractivity contribution in [2.24, 2.45) is 0 Å². The first-order valence-electron chi connectivity index (χ1n) is 9.47. The number of aromatic amines is 1. The summed E-state index contributed by atoms with van der Waals surface area (Å²) in [5, 5.41) is 24.4. The van der Waals surface area contributed by atoms with Crippen LogP contribution in [-0.4, -0.2) is 31.8 Å². The quantitative estimate of drug-likeness (QED) is 0.558. The Morgan fingerprint density at radius 2 is 2.07 bits per heavy atom. The number of hydrogen-bond donors (Lipinski definition) is 4. The van der Waals surface area contributed by atoms with Crippen LogP contribution in [0, 0.1) is 0 Å². The van der Waals surface area contributed by atoms with Gasteiger partial charge in [-0.2, -0.15) is 0 Å². The fraction of sp³-hybridized carbons (Fsp3) is 0.381. The lowest BCUT2D eigenvalue weighted by Crippen LogP contribution is -2.41. The number of aryl methyl sites for hydroxylation is 2. The van der Waals surface area contributed by atoms with Crippen molar-refractivity contribution in [1.82, 2.24) is 14.9 Å². The number of nitrogens with one attached hydrogen (secondary N) is 2. The van der Waals surface area contributed by atoms with Gasteiger partial charge in [-0.1, -0.05) is 30.3 Å². The van der Waals surface area contributed by atoms with Crippen LogP contribution in [0.2, 0.25) is 0 Å². The lowest BCUT2D eigenvalue weighted by Gasteiger charge is -2.26. The van der Waals surface area contributed by atoms with Gasteiger partial charge < -0.3 is 20.5 Å². The van der Waals surface area contributed by atoms with Gasteiger partial charge in [0.1, 0.15) is 5.75 Å². The van der Waals surface area contributed by atoms with Gasteiger partial charge in [-0.25, -0.2) is 4.79 Å². The van der Waals surface area contributed by atoms with Crippen LogP contribution in [0.15, 0.2) is 47.3 Å². The molecule has 0 spiro atoms. The monoisotopic (exact) mass is 367 g/mol. The summed E-state index contributed by atoms with van der Waals surface area (Å²) < 4.78 is 1.72. The highest BCUT2D eigenvalue weighted by molar-refractivity contribution is 5.79. The molecule has 4 N–H and O–H groups in total. The third kappa shape index (κ3) is 3.38. The molecule has 2 heterocycles. The number of imidazole rings is 1. The zero-order valence-corrected chi connectivity index (χ0v) is 15.4. The Morgan fingerprint density at radius 1 is 1.26 bits per heavy atom. The van der Waals surface area contributed by atoms with Crippen molar-refractivity contribution in [1.29, 1.82) is 0 Å². The molecule has 3 aromatic rings. The van der Waals surface area contributed by atoms with E-state index < -0.39 is 6.10 Å². The Labute approximate surface area is 157 Å². The average molecular weight is 367 g/mol. The minimum Gasteiger partial charge on any atom is -0.508 e. The molecule has 4 rings (SSSR count). The smallest absolute Gasteiger partial charge is 0.326 e. The normalized spacial score (nSPS) is 20.5. The molecule has 0 amide bonds. The predicted octanol–water partition coefficient (Wildman–Crippen LogP) is 2.45. The highest BCUT2D eigenvalue weighted by Gasteiger charge is 2.29. The predicted molar refractivity (Wildman–Crippen MR) is 105 cm³/mol. The number of benzene rings is 2. The number of phenolic OH excluding ortho intramolecular Hbond substituents is 1. The molecule has 0 saturated heterocycles. The number of H-pyrrole nitrogens is 1. The van der Waals surface area contributed by atoms with Gasteiger partial charge in [-0.05, 0) is 43.9 Å². The number of aromatic nitrogens is 2. The van der Waals surface area contributed by atoms with E-state index >= 15 is 0 Å². The van der Waals surface area contributed by atoms with Crippen LogP contribution in [0.25, 0.3) is 11.0 Å². The second-order valence-electron chi connectivity index (χ2n) is 7.40. The maximum Gasteiger partial charge on any atom is 0.326 e. The molecule has 0 radical (unpaired) electrons. The maximum atomic E-state index is 12.2. The summed E-state index contributed by atoms with van der Waals surface area (Å²) in [4.78, 5) is 15.1. The topological polar surface area (TPSA) is 90.3 Å². The molecule has 1 unspecified atom stereocenters. The van der Waals surface area contributed by atoms with Gasteiger partial charge >= 0.3 is 5.69 Å². The van der Waals surface area contributed by atoms with E-state index in [-0.39, 0.29) is 17.8 Å². The van der Waals surface area contributed by atoms with E-state index in [9.17, 15) is 15.0 Å². The second kappa shape index (κ2) is 7.21. The number of aliphatic hydroxyl groups excluding tert-OH is 1. The van der Waals surface area contributed by atoms with Crippen LogP contribution in [-0.2, 0) is 13.0 Å². The Bertz CT molecular complexity index is 1010. The third-order valence-electron chi connectivity index (χ3n) is 5.52. The molecule has 0 fully saturated rings. The van der Waals surface area contributed by atoms with Gasteiger partial charge in [0.2, 0.25) is 0 Å². The molecular formula is C21H25N3O3. The number of aromatic hydroxyl groups is 1. The highest BCUT2D eigenvalue weighted by Crippen LogP contribution is 2.30. The molecule has 6 nitrogen and oxygen atoms in total. The first kappa shape index (κ1) is 17.8. The van der Waals surface area contributed by atoms with Crippen LogP contribution >= 0.6 is 0 Å². The van der Waals surface area contributed by atoms with E-state index in [1.165, 1.54) is 0 Å². The molecule has 0 saturated carbocycles. The van der Waals surface area contributed by atoms with E-state index in [0.29, 0.717) is 18.7 Å². The minimum atomic E-state index is -0.676. The van der Waals surface area contributed by atoms with Gasteiger partial charge in [0.05, 0.1) is 17.1 Å². The molecule has 2 aromatic carbocycles. The third-order valence-corrected chi connectivity index (χ3v) is 5.52. The molecule has 3 atom stereocenters. The summed E-state index contributed by atoms with van der Waals surface area (Å²) >= 11 is 0. The number of hydrogen-bond acceptors (Lipinski definition) is 4. The summed E-state index contributed by atoms with van der Waals surface area (Å²) in [5.41, 5.74) is 3.16. The van der Waals surface area contributed by atoms with Gasteiger partial charge in [0, 0.05) is 24.2 Å². The van der Waals surface area contributed by atoms with Crippen molar-refractivity contribution in [2.75, 3.05) is 0 Å². The highest BCUT2D eigenvalue weighted by atomic mass is 16.3. The first-order valence-corrected chi connectivity index (χ1v) is 9.47. The van der Waals surface area contributed by atoms with Crippen molar-refractivity contribution < 1.29 is 10.2 Å². The van der Waals surface area contributed by atoms with Gasteiger partial charge in [0.25, 0.3) is 0 Å². The van der Waals surface area contributed by atoms with Crippen LogP contribution in [0.3, 0.4) is 0 Å². The molecule has 1 aromatic heterocycles. The van der Waals surface area contributed by atoms with E-state index in [1.54, 1.807) is 10.6 Å². The van der Waals surface area contributed by atoms with E-state index in [4.69, 9.17) is 0 Å². The fourth-order valence-electron chi connectivity index (χ4n) is 4.06. The number of para-hydroxylation sites is 2. The Hall–Kier alpha value is -2.57.